The van der Waals surface area contributed by atoms with Gasteiger partial charge in [0.2, 0.25) is 0 Å². The van der Waals surface area contributed by atoms with Crippen LogP contribution < -0.4 is 14.4 Å². The zero-order valence-corrected chi connectivity index (χ0v) is 18.1. The van der Waals surface area contributed by atoms with Crippen LogP contribution in [0.25, 0.3) is 0 Å². The molecule has 0 aliphatic carbocycles. The topological polar surface area (TPSA) is 75.7 Å². The molecule has 8 heteroatoms. The van der Waals surface area contributed by atoms with Crippen LogP contribution >= 0.6 is 11.6 Å². The summed E-state index contributed by atoms with van der Waals surface area (Å²) < 4.78 is 32.1. The first-order valence-electron chi connectivity index (χ1n) is 9.09. The Labute approximate surface area is 181 Å². The second kappa shape index (κ2) is 9.19. The molecule has 0 fully saturated rings. The summed E-state index contributed by atoms with van der Waals surface area (Å²) >= 11 is 5.83. The predicted molar refractivity (Wildman–Crippen MR) is 119 cm³/mol. The van der Waals surface area contributed by atoms with E-state index in [0.717, 1.165) is 5.56 Å². The van der Waals surface area contributed by atoms with Gasteiger partial charge in [0.15, 0.2) is 6.61 Å². The van der Waals surface area contributed by atoms with Gasteiger partial charge >= 0.3 is 0 Å². The molecule has 0 aromatic heterocycles. The molecular weight excluding hydrogens is 424 g/mol. The summed E-state index contributed by atoms with van der Waals surface area (Å²) in [5.41, 5.74) is 2.21. The van der Waals surface area contributed by atoms with Crippen molar-refractivity contribution in [3.63, 3.8) is 0 Å². The number of anilines is 2. The average Bonchev–Trinajstić information content (AvgIpc) is 2.72. The molecule has 0 spiro atoms. The first kappa shape index (κ1) is 21.7. The predicted octanol–water partition coefficient (Wildman–Crippen LogP) is 4.49. The van der Waals surface area contributed by atoms with E-state index in [4.69, 9.17) is 16.3 Å². The first-order valence-corrected chi connectivity index (χ1v) is 10.9. The van der Waals surface area contributed by atoms with E-state index >= 15 is 0 Å². The summed E-state index contributed by atoms with van der Waals surface area (Å²) in [6, 6.07) is 19.9. The molecule has 3 aromatic rings. The molecule has 0 heterocycles. The number of rotatable bonds is 7. The monoisotopic (exact) mass is 444 g/mol. The van der Waals surface area contributed by atoms with E-state index in [-0.39, 0.29) is 17.4 Å². The minimum atomic E-state index is -3.72. The molecule has 30 heavy (non-hydrogen) atoms. The summed E-state index contributed by atoms with van der Waals surface area (Å²) in [5.74, 6) is 0.169. The smallest absolute Gasteiger partial charge is 0.264 e. The van der Waals surface area contributed by atoms with E-state index in [1.54, 1.807) is 30.3 Å². The number of nitrogens with one attached hydrogen (secondary N) is 1. The van der Waals surface area contributed by atoms with Crippen molar-refractivity contribution < 1.29 is 17.9 Å². The Balaban J connectivity index is 1.61. The standard InChI is InChI=1S/C22H21ClN2O4S/c1-16-4-3-5-18(14-16)24-22(26)15-29-20-10-8-19(9-11-20)25(2)30(27,28)21-12-6-17(23)7-13-21/h3-14H,15H2,1-2H3,(H,24,26). The number of hydrogen-bond acceptors (Lipinski definition) is 4. The zero-order chi connectivity index (χ0) is 21.7. The quantitative estimate of drug-likeness (QED) is 0.582. The molecular formula is C22H21ClN2O4S. The van der Waals surface area contributed by atoms with Gasteiger partial charge < -0.3 is 10.1 Å². The fraction of sp³-hybridized carbons (Fsp3) is 0.136. The zero-order valence-electron chi connectivity index (χ0n) is 16.5. The Morgan fingerprint density at radius 3 is 2.33 bits per heavy atom. The van der Waals surface area contributed by atoms with Crippen molar-refractivity contribution in [1.82, 2.24) is 0 Å². The summed E-state index contributed by atoms with van der Waals surface area (Å²) in [6.07, 6.45) is 0. The highest BCUT2D eigenvalue weighted by Crippen LogP contribution is 2.25. The maximum Gasteiger partial charge on any atom is 0.264 e. The van der Waals surface area contributed by atoms with Crippen molar-refractivity contribution in [1.29, 1.82) is 0 Å². The molecule has 0 aliphatic rings. The largest absolute Gasteiger partial charge is 0.484 e. The summed E-state index contributed by atoms with van der Waals surface area (Å²) in [4.78, 5) is 12.2. The third kappa shape index (κ3) is 5.31. The van der Waals surface area contributed by atoms with Crippen molar-refractivity contribution in [3.05, 3.63) is 83.4 Å². The molecule has 1 amide bonds. The molecule has 0 radical (unpaired) electrons. The molecule has 3 aromatic carbocycles. The SMILES string of the molecule is Cc1cccc(NC(=O)COc2ccc(N(C)S(=O)(=O)c3ccc(Cl)cc3)cc2)c1. The van der Waals surface area contributed by atoms with E-state index in [2.05, 4.69) is 5.32 Å². The van der Waals surface area contributed by atoms with Gasteiger partial charge in [0.1, 0.15) is 5.75 Å². The molecule has 1 N–H and O–H groups in total. The number of ether oxygens (including phenoxy) is 1. The number of halogens is 1. The second-order valence-electron chi connectivity index (χ2n) is 6.63. The molecule has 156 valence electrons. The number of carbonyl (C=O) groups excluding carboxylic acids is 1. The van der Waals surface area contributed by atoms with Crippen molar-refractivity contribution >= 4 is 38.9 Å². The highest BCUT2D eigenvalue weighted by atomic mass is 35.5. The van der Waals surface area contributed by atoms with Gasteiger partial charge in [-0.05, 0) is 73.2 Å². The summed E-state index contributed by atoms with van der Waals surface area (Å²) in [6.45, 7) is 1.78. The lowest BCUT2D eigenvalue weighted by Crippen LogP contribution is -2.26. The van der Waals surface area contributed by atoms with Gasteiger partial charge in [-0.2, -0.15) is 0 Å². The number of sulfonamides is 1. The average molecular weight is 445 g/mol. The highest BCUT2D eigenvalue weighted by molar-refractivity contribution is 7.92. The number of aryl methyl sites for hydroxylation is 1. The highest BCUT2D eigenvalue weighted by Gasteiger charge is 2.21. The normalized spacial score (nSPS) is 11.0. The molecule has 0 saturated heterocycles. The van der Waals surface area contributed by atoms with E-state index < -0.39 is 10.0 Å². The van der Waals surface area contributed by atoms with Crippen LogP contribution in [0.15, 0.2) is 77.7 Å². The van der Waals surface area contributed by atoms with Crippen molar-refractivity contribution in [2.24, 2.45) is 0 Å². The number of carbonyl (C=O) groups is 1. The number of benzene rings is 3. The van der Waals surface area contributed by atoms with Gasteiger partial charge in [-0.15, -0.1) is 0 Å². The van der Waals surface area contributed by atoms with Crippen LogP contribution in [0.1, 0.15) is 5.56 Å². The third-order valence-corrected chi connectivity index (χ3v) is 6.40. The molecule has 0 aliphatic heterocycles. The Hall–Kier alpha value is -3.03. The maximum absolute atomic E-state index is 12.7. The molecule has 0 bridgehead atoms. The lowest BCUT2D eigenvalue weighted by Gasteiger charge is -2.20. The Kier molecular flexibility index (Phi) is 6.64. The molecule has 6 nitrogen and oxygen atoms in total. The van der Waals surface area contributed by atoms with E-state index in [9.17, 15) is 13.2 Å². The Morgan fingerprint density at radius 1 is 1.03 bits per heavy atom. The van der Waals surface area contributed by atoms with Crippen LogP contribution in [0, 0.1) is 6.92 Å². The van der Waals surface area contributed by atoms with Gasteiger partial charge in [-0.1, -0.05) is 23.7 Å². The van der Waals surface area contributed by atoms with Crippen molar-refractivity contribution in [2.75, 3.05) is 23.3 Å². The van der Waals surface area contributed by atoms with Crippen molar-refractivity contribution in [3.8, 4) is 5.75 Å². The minimum Gasteiger partial charge on any atom is -0.484 e. The summed E-state index contributed by atoms with van der Waals surface area (Å²) in [7, 11) is -2.25. The van der Waals surface area contributed by atoms with Crippen LogP contribution in [0.5, 0.6) is 5.75 Å². The van der Waals surface area contributed by atoms with Gasteiger partial charge in [-0.25, -0.2) is 8.42 Å². The van der Waals surface area contributed by atoms with Gasteiger partial charge in [0, 0.05) is 17.8 Å². The van der Waals surface area contributed by atoms with Crippen LogP contribution in [-0.4, -0.2) is 28.0 Å². The second-order valence-corrected chi connectivity index (χ2v) is 9.03. The fourth-order valence-corrected chi connectivity index (χ4v) is 4.05. The van der Waals surface area contributed by atoms with E-state index in [1.807, 2.05) is 25.1 Å². The Morgan fingerprint density at radius 2 is 1.70 bits per heavy atom. The summed E-state index contributed by atoms with van der Waals surface area (Å²) in [5, 5.41) is 3.23. The number of nitrogens with zero attached hydrogens (tertiary/aromatic N) is 1. The van der Waals surface area contributed by atoms with Gasteiger partial charge in [0.25, 0.3) is 15.9 Å². The minimum absolute atomic E-state index is 0.141. The van der Waals surface area contributed by atoms with Crippen LogP contribution in [0.4, 0.5) is 11.4 Å². The third-order valence-electron chi connectivity index (χ3n) is 4.34. The van der Waals surface area contributed by atoms with Crippen LogP contribution in [0.2, 0.25) is 5.02 Å². The van der Waals surface area contributed by atoms with Crippen LogP contribution in [-0.2, 0) is 14.8 Å². The first-order chi connectivity index (χ1) is 14.3. The Bertz CT molecular complexity index is 1130. The van der Waals surface area contributed by atoms with Crippen molar-refractivity contribution in [2.45, 2.75) is 11.8 Å². The molecule has 0 atom stereocenters. The number of amides is 1. The lowest BCUT2D eigenvalue weighted by molar-refractivity contribution is -0.118. The lowest BCUT2D eigenvalue weighted by atomic mass is 10.2. The number of hydrogen-bond donors (Lipinski definition) is 1. The van der Waals surface area contributed by atoms with Gasteiger partial charge in [0.05, 0.1) is 10.6 Å². The van der Waals surface area contributed by atoms with E-state index in [1.165, 1.54) is 35.6 Å². The van der Waals surface area contributed by atoms with Gasteiger partial charge in [-0.3, -0.25) is 9.10 Å². The molecule has 0 saturated carbocycles. The van der Waals surface area contributed by atoms with Crippen LogP contribution in [0.3, 0.4) is 0 Å². The fourth-order valence-electron chi connectivity index (χ4n) is 2.72. The molecule has 3 rings (SSSR count). The maximum atomic E-state index is 12.7. The van der Waals surface area contributed by atoms with E-state index in [0.29, 0.717) is 22.1 Å². The molecule has 0 unspecified atom stereocenters.